The zero-order valence-electron chi connectivity index (χ0n) is 23.8. The van der Waals surface area contributed by atoms with Crippen molar-refractivity contribution in [2.24, 2.45) is 4.99 Å². The van der Waals surface area contributed by atoms with Crippen LogP contribution >= 0.6 is 22.9 Å². The van der Waals surface area contributed by atoms with E-state index in [2.05, 4.69) is 4.99 Å². The molecule has 12 heteroatoms. The summed E-state index contributed by atoms with van der Waals surface area (Å²) in [5.41, 5.74) is 2.00. The lowest BCUT2D eigenvalue weighted by Crippen LogP contribution is -2.39. The minimum atomic E-state index is -1.05. The second kappa shape index (κ2) is 12.9. The monoisotopic (exact) mass is 636 g/mol. The van der Waals surface area contributed by atoms with Crippen molar-refractivity contribution in [3.63, 3.8) is 0 Å². The topological polar surface area (TPSA) is 116 Å². The molecule has 0 aliphatic carbocycles. The minimum absolute atomic E-state index is 0.0423. The third-order valence-corrected chi connectivity index (χ3v) is 8.07. The van der Waals surface area contributed by atoms with Gasteiger partial charge >= 0.3 is 11.9 Å². The number of fused-ring (bicyclic) bond motifs is 1. The van der Waals surface area contributed by atoms with Gasteiger partial charge in [0.05, 0.1) is 46.1 Å². The molecule has 0 amide bonds. The maximum Gasteiger partial charge on any atom is 0.338 e. The van der Waals surface area contributed by atoms with Gasteiger partial charge in [0.2, 0.25) is 0 Å². The molecule has 0 saturated heterocycles. The van der Waals surface area contributed by atoms with Crippen molar-refractivity contribution in [2.45, 2.75) is 26.5 Å². The van der Waals surface area contributed by atoms with Gasteiger partial charge in [-0.25, -0.2) is 19.0 Å². The second-order valence-electron chi connectivity index (χ2n) is 9.68. The average Bonchev–Trinajstić information content (AvgIpc) is 3.30. The Bertz CT molecular complexity index is 1980. The van der Waals surface area contributed by atoms with Crippen LogP contribution < -0.4 is 24.4 Å². The van der Waals surface area contributed by atoms with Gasteiger partial charge in [-0.3, -0.25) is 9.36 Å². The van der Waals surface area contributed by atoms with Crippen LogP contribution in [0.1, 0.15) is 46.9 Å². The fraction of sp³-hybridized carbons (Fsp3) is 0.188. The summed E-state index contributed by atoms with van der Waals surface area (Å²) in [5, 5.41) is 9.46. The summed E-state index contributed by atoms with van der Waals surface area (Å²) in [6.07, 6.45) is 1.63. The number of rotatable bonds is 9. The molecule has 1 aliphatic heterocycles. The van der Waals surface area contributed by atoms with Crippen molar-refractivity contribution in [1.82, 2.24) is 4.57 Å². The van der Waals surface area contributed by atoms with Crippen molar-refractivity contribution in [1.29, 1.82) is 0 Å². The van der Waals surface area contributed by atoms with Crippen LogP contribution in [-0.4, -0.2) is 35.3 Å². The molecule has 1 atom stereocenters. The zero-order valence-corrected chi connectivity index (χ0v) is 25.4. The highest BCUT2D eigenvalue weighted by Gasteiger charge is 2.33. The van der Waals surface area contributed by atoms with E-state index in [-0.39, 0.29) is 35.1 Å². The third kappa shape index (κ3) is 6.15. The van der Waals surface area contributed by atoms with E-state index in [9.17, 15) is 23.9 Å². The van der Waals surface area contributed by atoms with Gasteiger partial charge < -0.3 is 19.3 Å². The Balaban J connectivity index is 1.55. The first kappa shape index (κ1) is 30.7. The van der Waals surface area contributed by atoms with Gasteiger partial charge in [0.25, 0.3) is 5.56 Å². The van der Waals surface area contributed by atoms with Gasteiger partial charge in [-0.2, -0.15) is 0 Å². The highest BCUT2D eigenvalue weighted by atomic mass is 35.5. The number of allylic oxidation sites excluding steroid dienone is 1. The Morgan fingerprint density at radius 3 is 2.59 bits per heavy atom. The van der Waals surface area contributed by atoms with E-state index in [1.54, 1.807) is 44.2 Å². The number of ether oxygens (including phenoxy) is 3. The maximum absolute atomic E-state index is 13.8. The molecule has 44 heavy (non-hydrogen) atoms. The van der Waals surface area contributed by atoms with Gasteiger partial charge in [0.15, 0.2) is 16.3 Å². The molecular weight excluding hydrogens is 611 g/mol. The number of carbonyl (C=O) groups is 2. The number of methoxy groups -OCH3 is 1. The maximum atomic E-state index is 13.8. The standard InChI is InChI=1S/C32H26ClFN2O7S/c1-4-42-31(40)26-17(2)35-32-36(27(26)20-8-10-22(34)11-9-20)29(37)25(44-32)15-19-13-23(33)28(24(14-19)41-3)43-16-18-6-5-7-21(12-18)30(38)39/h5-15,27H,4,16H2,1-3H3,(H,38,39). The van der Waals surface area contributed by atoms with Crippen LogP contribution in [0.5, 0.6) is 11.5 Å². The van der Waals surface area contributed by atoms with Crippen LogP contribution in [-0.2, 0) is 16.1 Å². The number of benzene rings is 3. The molecule has 0 saturated carbocycles. The summed E-state index contributed by atoms with van der Waals surface area (Å²) >= 11 is 7.71. The third-order valence-electron chi connectivity index (χ3n) is 6.81. The highest BCUT2D eigenvalue weighted by Crippen LogP contribution is 2.37. The number of carboxylic acid groups (broad SMARTS) is 1. The van der Waals surface area contributed by atoms with Gasteiger partial charge in [-0.1, -0.05) is 47.2 Å². The first-order valence-corrected chi connectivity index (χ1v) is 14.6. The largest absolute Gasteiger partial charge is 0.493 e. The zero-order chi connectivity index (χ0) is 31.5. The van der Waals surface area contributed by atoms with Crippen molar-refractivity contribution in [3.8, 4) is 11.5 Å². The molecule has 0 spiro atoms. The molecule has 3 aromatic carbocycles. The summed E-state index contributed by atoms with van der Waals surface area (Å²) in [7, 11) is 1.45. The van der Waals surface area contributed by atoms with E-state index in [4.69, 9.17) is 25.8 Å². The Morgan fingerprint density at radius 2 is 1.91 bits per heavy atom. The Morgan fingerprint density at radius 1 is 1.16 bits per heavy atom. The van der Waals surface area contributed by atoms with Crippen molar-refractivity contribution in [2.75, 3.05) is 13.7 Å². The Labute approximate surface area is 259 Å². The van der Waals surface area contributed by atoms with Gasteiger partial charge in [0.1, 0.15) is 12.4 Å². The van der Waals surface area contributed by atoms with Crippen LogP contribution in [0.15, 0.2) is 81.7 Å². The summed E-state index contributed by atoms with van der Waals surface area (Å²) < 4.78 is 32.2. The van der Waals surface area contributed by atoms with Crippen LogP contribution in [0.2, 0.25) is 5.02 Å². The number of nitrogens with zero attached hydrogens (tertiary/aromatic N) is 2. The van der Waals surface area contributed by atoms with Crippen molar-refractivity contribution in [3.05, 3.63) is 125 Å². The summed E-state index contributed by atoms with van der Waals surface area (Å²) in [6.45, 7) is 3.53. The van der Waals surface area contributed by atoms with E-state index in [0.29, 0.717) is 37.5 Å². The van der Waals surface area contributed by atoms with E-state index in [1.165, 1.54) is 48.1 Å². The normalized spacial score (nSPS) is 14.6. The number of hydrogen-bond acceptors (Lipinski definition) is 8. The molecule has 0 bridgehead atoms. The number of carbonyl (C=O) groups excluding carboxylic acids is 1. The summed E-state index contributed by atoms with van der Waals surface area (Å²) in [4.78, 5) is 43.1. The average molecular weight is 637 g/mol. The SMILES string of the molecule is CCOC(=O)C1=C(C)N=c2sc(=Cc3cc(Cl)c(OCc4cccc(C(=O)O)c4)c(OC)c3)c(=O)n2C1c1ccc(F)cc1. The van der Waals surface area contributed by atoms with E-state index < -0.39 is 29.4 Å². The number of hydrogen-bond donors (Lipinski definition) is 1. The first-order valence-electron chi connectivity index (χ1n) is 13.4. The predicted octanol–water partition coefficient (Wildman–Crippen LogP) is 4.88. The molecular formula is C32H26ClFN2O7S. The minimum Gasteiger partial charge on any atom is -0.493 e. The lowest BCUT2D eigenvalue weighted by Gasteiger charge is -2.24. The molecule has 9 nitrogen and oxygen atoms in total. The number of halogens is 2. The number of esters is 1. The Hall–Kier alpha value is -4.74. The molecule has 1 unspecified atom stereocenters. The van der Waals surface area contributed by atoms with Crippen LogP contribution in [0.25, 0.3) is 6.08 Å². The molecule has 1 aromatic heterocycles. The number of aromatic carboxylic acids is 1. The summed E-state index contributed by atoms with van der Waals surface area (Å²) in [6, 6.07) is 14.3. The lowest BCUT2D eigenvalue weighted by molar-refractivity contribution is -0.139. The summed E-state index contributed by atoms with van der Waals surface area (Å²) in [5.74, 6) is -1.56. The number of carboxylic acids is 1. The van der Waals surface area contributed by atoms with E-state index in [0.717, 1.165) is 11.3 Å². The van der Waals surface area contributed by atoms with Gasteiger partial charge in [-0.05, 0) is 73.0 Å². The Kier molecular flexibility index (Phi) is 8.98. The molecule has 1 aliphatic rings. The van der Waals surface area contributed by atoms with E-state index in [1.807, 2.05) is 0 Å². The van der Waals surface area contributed by atoms with Gasteiger partial charge in [-0.15, -0.1) is 0 Å². The molecule has 5 rings (SSSR count). The highest BCUT2D eigenvalue weighted by molar-refractivity contribution is 7.07. The van der Waals surface area contributed by atoms with Crippen LogP contribution in [0, 0.1) is 5.82 Å². The lowest BCUT2D eigenvalue weighted by atomic mass is 9.96. The molecule has 226 valence electrons. The quantitative estimate of drug-likeness (QED) is 0.261. The van der Waals surface area contributed by atoms with Crippen molar-refractivity contribution >= 4 is 41.0 Å². The van der Waals surface area contributed by atoms with E-state index >= 15 is 0 Å². The van der Waals surface area contributed by atoms with Crippen LogP contribution in [0.4, 0.5) is 4.39 Å². The molecule has 1 N–H and O–H groups in total. The second-order valence-corrected chi connectivity index (χ2v) is 11.1. The fourth-order valence-electron chi connectivity index (χ4n) is 4.82. The van der Waals surface area contributed by atoms with Gasteiger partial charge in [0, 0.05) is 0 Å². The molecule has 0 radical (unpaired) electrons. The molecule has 2 heterocycles. The number of aromatic nitrogens is 1. The van der Waals surface area contributed by atoms with Crippen molar-refractivity contribution < 1.29 is 33.3 Å². The smallest absolute Gasteiger partial charge is 0.338 e. The predicted molar refractivity (Wildman–Crippen MR) is 163 cm³/mol. The number of thiazole rings is 1. The fourth-order valence-corrected chi connectivity index (χ4v) is 6.14. The molecule has 4 aromatic rings. The molecule has 0 fully saturated rings. The first-order chi connectivity index (χ1) is 21.1. The van der Waals surface area contributed by atoms with Crippen LogP contribution in [0.3, 0.4) is 0 Å².